The molecule has 7 nitrogen and oxygen atoms in total. The standard InChI is InChI=1S/C22H23N3O4/c1-28-21-11-14(6-8-23-21)10-15-12-19(24-17-5-3-2-4-16(15)17)22(27)25-18-7-9-29-13-20(18)26/h2-6,8,11-12,18,20,26H,7,9-10,13H2,1H3,(H,25,27). The summed E-state index contributed by atoms with van der Waals surface area (Å²) in [6, 6.07) is 13.0. The smallest absolute Gasteiger partial charge is 0.270 e. The van der Waals surface area contributed by atoms with Crippen molar-refractivity contribution >= 4 is 16.8 Å². The summed E-state index contributed by atoms with van der Waals surface area (Å²) in [4.78, 5) is 21.5. The number of aromatic nitrogens is 2. The van der Waals surface area contributed by atoms with E-state index in [1.165, 1.54) is 0 Å². The number of hydrogen-bond acceptors (Lipinski definition) is 6. The van der Waals surface area contributed by atoms with Crippen LogP contribution in [0.1, 0.15) is 28.0 Å². The first-order valence-corrected chi connectivity index (χ1v) is 9.58. The SMILES string of the molecule is COc1cc(Cc2cc(C(=O)NC3CCOCC3O)nc3ccccc23)ccn1. The molecule has 0 spiro atoms. The van der Waals surface area contributed by atoms with Crippen molar-refractivity contribution in [2.24, 2.45) is 0 Å². The lowest BCUT2D eigenvalue weighted by molar-refractivity contribution is -0.0261. The van der Waals surface area contributed by atoms with E-state index < -0.39 is 6.10 Å². The summed E-state index contributed by atoms with van der Waals surface area (Å²) in [5.41, 5.74) is 3.10. The van der Waals surface area contributed by atoms with E-state index in [0.717, 1.165) is 22.0 Å². The number of nitrogens with zero attached hydrogens (tertiary/aromatic N) is 2. The Morgan fingerprint density at radius 2 is 2.17 bits per heavy atom. The first-order chi connectivity index (χ1) is 14.1. The molecule has 1 saturated heterocycles. The number of pyridine rings is 2. The zero-order valence-electron chi connectivity index (χ0n) is 16.2. The molecule has 7 heteroatoms. The van der Waals surface area contributed by atoms with Crippen molar-refractivity contribution in [3.8, 4) is 5.88 Å². The first kappa shape index (κ1) is 19.3. The highest BCUT2D eigenvalue weighted by atomic mass is 16.5. The van der Waals surface area contributed by atoms with Gasteiger partial charge in [-0.2, -0.15) is 0 Å². The molecule has 1 amide bonds. The zero-order valence-corrected chi connectivity index (χ0v) is 16.2. The van der Waals surface area contributed by atoms with Gasteiger partial charge in [-0.15, -0.1) is 0 Å². The molecule has 3 heterocycles. The molecule has 4 rings (SSSR count). The van der Waals surface area contributed by atoms with Gasteiger partial charge in [0.25, 0.3) is 5.91 Å². The molecule has 29 heavy (non-hydrogen) atoms. The minimum Gasteiger partial charge on any atom is -0.481 e. The number of hydrogen-bond donors (Lipinski definition) is 2. The highest BCUT2D eigenvalue weighted by molar-refractivity contribution is 5.96. The predicted octanol–water partition coefficient (Wildman–Crippen LogP) is 2.11. The van der Waals surface area contributed by atoms with Crippen molar-refractivity contribution in [2.45, 2.75) is 25.0 Å². The summed E-state index contributed by atoms with van der Waals surface area (Å²) in [7, 11) is 1.58. The zero-order chi connectivity index (χ0) is 20.2. The van der Waals surface area contributed by atoms with Crippen LogP contribution in [0.2, 0.25) is 0 Å². The van der Waals surface area contributed by atoms with Gasteiger partial charge in [0.15, 0.2) is 0 Å². The second kappa shape index (κ2) is 8.55. The number of benzene rings is 1. The van der Waals surface area contributed by atoms with E-state index in [9.17, 15) is 9.90 Å². The lowest BCUT2D eigenvalue weighted by atomic mass is 10.00. The molecule has 0 aliphatic carbocycles. The summed E-state index contributed by atoms with van der Waals surface area (Å²) in [6.45, 7) is 0.744. The number of ether oxygens (including phenoxy) is 2. The van der Waals surface area contributed by atoms with Crippen LogP contribution in [-0.4, -0.2) is 53.5 Å². The normalized spacial score (nSPS) is 19.1. The quantitative estimate of drug-likeness (QED) is 0.690. The molecule has 0 radical (unpaired) electrons. The molecule has 1 aliphatic heterocycles. The molecule has 2 aromatic heterocycles. The van der Waals surface area contributed by atoms with Crippen molar-refractivity contribution in [3.05, 3.63) is 65.5 Å². The van der Waals surface area contributed by atoms with Crippen molar-refractivity contribution in [1.29, 1.82) is 0 Å². The average Bonchev–Trinajstić information content (AvgIpc) is 2.75. The van der Waals surface area contributed by atoms with Crippen LogP contribution in [0.15, 0.2) is 48.7 Å². The molecule has 150 valence electrons. The van der Waals surface area contributed by atoms with E-state index in [2.05, 4.69) is 15.3 Å². The van der Waals surface area contributed by atoms with Crippen molar-refractivity contribution < 1.29 is 19.4 Å². The van der Waals surface area contributed by atoms with Crippen LogP contribution in [-0.2, 0) is 11.2 Å². The molecule has 2 unspecified atom stereocenters. The molecule has 1 fully saturated rings. The number of methoxy groups -OCH3 is 1. The topological polar surface area (TPSA) is 93.6 Å². The van der Waals surface area contributed by atoms with Gasteiger partial charge in [-0.1, -0.05) is 18.2 Å². The van der Waals surface area contributed by atoms with E-state index in [4.69, 9.17) is 9.47 Å². The Kier molecular flexibility index (Phi) is 5.69. The third-order valence-corrected chi connectivity index (χ3v) is 5.08. The van der Waals surface area contributed by atoms with Gasteiger partial charge < -0.3 is 19.9 Å². The van der Waals surface area contributed by atoms with Crippen LogP contribution in [0, 0.1) is 0 Å². The minimum absolute atomic E-state index is 0.227. The Bertz CT molecular complexity index is 1020. The van der Waals surface area contributed by atoms with Gasteiger partial charge in [0.2, 0.25) is 5.88 Å². The van der Waals surface area contributed by atoms with Gasteiger partial charge in [-0.25, -0.2) is 9.97 Å². The fraction of sp³-hybridized carbons (Fsp3) is 0.318. The Balaban J connectivity index is 1.65. The van der Waals surface area contributed by atoms with Gasteiger partial charge >= 0.3 is 0 Å². The highest BCUT2D eigenvalue weighted by Crippen LogP contribution is 2.23. The maximum absolute atomic E-state index is 12.9. The largest absolute Gasteiger partial charge is 0.481 e. The third kappa shape index (κ3) is 4.36. The number of para-hydroxylation sites is 1. The summed E-state index contributed by atoms with van der Waals surface area (Å²) < 4.78 is 10.4. The minimum atomic E-state index is -0.711. The molecule has 2 atom stereocenters. The number of aliphatic hydroxyl groups is 1. The van der Waals surface area contributed by atoms with E-state index >= 15 is 0 Å². The predicted molar refractivity (Wildman–Crippen MR) is 108 cm³/mol. The lowest BCUT2D eigenvalue weighted by Gasteiger charge is -2.28. The summed E-state index contributed by atoms with van der Waals surface area (Å²) in [5.74, 6) is 0.252. The molecule has 0 bridgehead atoms. The van der Waals surface area contributed by atoms with Gasteiger partial charge in [0.05, 0.1) is 31.4 Å². The number of rotatable bonds is 5. The Morgan fingerprint density at radius 3 is 3.00 bits per heavy atom. The monoisotopic (exact) mass is 393 g/mol. The maximum atomic E-state index is 12.9. The molecule has 0 saturated carbocycles. The first-order valence-electron chi connectivity index (χ1n) is 9.58. The van der Waals surface area contributed by atoms with Gasteiger partial charge in [0, 0.05) is 24.3 Å². The Hall–Kier alpha value is -3.03. The van der Waals surface area contributed by atoms with Crippen molar-refractivity contribution in [1.82, 2.24) is 15.3 Å². The summed E-state index contributed by atoms with van der Waals surface area (Å²) >= 11 is 0. The summed E-state index contributed by atoms with van der Waals surface area (Å²) in [5, 5.41) is 13.9. The van der Waals surface area contributed by atoms with E-state index in [0.29, 0.717) is 31.0 Å². The second-order valence-electron chi connectivity index (χ2n) is 7.08. The van der Waals surface area contributed by atoms with Gasteiger partial charge in [-0.3, -0.25) is 4.79 Å². The lowest BCUT2D eigenvalue weighted by Crippen LogP contribution is -2.48. The fourth-order valence-corrected chi connectivity index (χ4v) is 3.54. The molecule has 2 N–H and O–H groups in total. The van der Waals surface area contributed by atoms with Crippen molar-refractivity contribution in [3.63, 3.8) is 0 Å². The van der Waals surface area contributed by atoms with Crippen LogP contribution >= 0.6 is 0 Å². The number of carbonyl (C=O) groups excluding carboxylic acids is 1. The number of nitrogens with one attached hydrogen (secondary N) is 1. The van der Waals surface area contributed by atoms with E-state index in [1.54, 1.807) is 13.3 Å². The van der Waals surface area contributed by atoms with E-state index in [1.807, 2.05) is 42.5 Å². The number of amides is 1. The van der Waals surface area contributed by atoms with Crippen LogP contribution < -0.4 is 10.1 Å². The third-order valence-electron chi connectivity index (χ3n) is 5.08. The number of carbonyl (C=O) groups is 1. The number of aliphatic hydroxyl groups excluding tert-OH is 1. The summed E-state index contributed by atoms with van der Waals surface area (Å²) in [6.07, 6.45) is 2.18. The van der Waals surface area contributed by atoms with Crippen LogP contribution in [0.4, 0.5) is 0 Å². The Labute approximate surface area is 168 Å². The molecular weight excluding hydrogens is 370 g/mol. The molecule has 3 aromatic rings. The highest BCUT2D eigenvalue weighted by Gasteiger charge is 2.26. The number of fused-ring (bicyclic) bond motifs is 1. The van der Waals surface area contributed by atoms with Gasteiger partial charge in [-0.05, 0) is 42.2 Å². The van der Waals surface area contributed by atoms with Crippen LogP contribution in [0.25, 0.3) is 10.9 Å². The van der Waals surface area contributed by atoms with E-state index in [-0.39, 0.29) is 18.6 Å². The second-order valence-corrected chi connectivity index (χ2v) is 7.08. The van der Waals surface area contributed by atoms with Crippen LogP contribution in [0.3, 0.4) is 0 Å². The molecular formula is C22H23N3O4. The average molecular weight is 393 g/mol. The molecule has 1 aromatic carbocycles. The maximum Gasteiger partial charge on any atom is 0.270 e. The van der Waals surface area contributed by atoms with Gasteiger partial charge in [0.1, 0.15) is 5.69 Å². The Morgan fingerprint density at radius 1 is 1.31 bits per heavy atom. The molecule has 1 aliphatic rings. The fourth-order valence-electron chi connectivity index (χ4n) is 3.54. The van der Waals surface area contributed by atoms with Crippen LogP contribution in [0.5, 0.6) is 5.88 Å². The van der Waals surface area contributed by atoms with Crippen molar-refractivity contribution in [2.75, 3.05) is 20.3 Å².